The van der Waals surface area contributed by atoms with Gasteiger partial charge in [0.15, 0.2) is 0 Å². The molecule has 0 unspecified atom stereocenters. The Kier molecular flexibility index (Phi) is 11.5. The van der Waals surface area contributed by atoms with Crippen LogP contribution in [0.1, 0.15) is 56.2 Å². The molecule has 4 heterocycles. The largest absolute Gasteiger partial charge is 0.507 e. The quantitative estimate of drug-likeness (QED) is 0.0755. The highest BCUT2D eigenvalue weighted by atomic mass is 32.1. The number of pyridine rings is 1. The molecule has 296 valence electrons. The zero-order valence-corrected chi connectivity index (χ0v) is 35.0. The molecule has 2 amide bonds. The molecule has 8 rings (SSSR count). The highest BCUT2D eigenvalue weighted by Crippen LogP contribution is 2.51. The average Bonchev–Trinajstić information content (AvgIpc) is 3.83. The summed E-state index contributed by atoms with van der Waals surface area (Å²) in [4.78, 5) is 35.9. The lowest BCUT2D eigenvalue weighted by Gasteiger charge is -2.46. The molecule has 2 aromatic heterocycles. The van der Waals surface area contributed by atoms with Gasteiger partial charge in [-0.1, -0.05) is 112 Å². The van der Waals surface area contributed by atoms with Gasteiger partial charge in [0, 0.05) is 16.6 Å². The number of allylic oxidation sites excluding steroid dienone is 1. The second kappa shape index (κ2) is 16.8. The van der Waals surface area contributed by atoms with Crippen molar-refractivity contribution in [2.45, 2.75) is 64.0 Å². The van der Waals surface area contributed by atoms with Crippen LogP contribution >= 0.6 is 11.3 Å². The van der Waals surface area contributed by atoms with E-state index in [-0.39, 0.29) is 42.1 Å². The van der Waals surface area contributed by atoms with Crippen LogP contribution in [0.5, 0.6) is 5.75 Å². The molecular weight excluding hydrogens is 759 g/mol. The molecule has 0 spiro atoms. The first-order chi connectivity index (χ1) is 28.0. The molecule has 2 aliphatic heterocycles. The first-order valence-corrected chi connectivity index (χ1v) is 22.9. The van der Waals surface area contributed by atoms with E-state index in [0.717, 1.165) is 37.7 Å². The molecular formula is C47H49BN2O6SSi. The molecule has 2 saturated heterocycles. The van der Waals surface area contributed by atoms with Crippen LogP contribution in [0.15, 0.2) is 138 Å². The number of likely N-dealkylation sites (tertiary alicyclic amines) is 1. The van der Waals surface area contributed by atoms with Crippen molar-refractivity contribution < 1.29 is 28.8 Å². The molecule has 3 aliphatic rings. The van der Waals surface area contributed by atoms with Crippen molar-refractivity contribution in [3.8, 4) is 5.75 Å². The number of imide groups is 1. The van der Waals surface area contributed by atoms with E-state index in [1.807, 2.05) is 66.1 Å². The average molecular weight is 809 g/mol. The topological polar surface area (TPSA) is 109 Å². The molecule has 0 bridgehead atoms. The number of phenolic OH excluding ortho intramolecular Hbond substituents is 1. The van der Waals surface area contributed by atoms with Gasteiger partial charge in [-0.3, -0.25) is 19.5 Å². The number of hydrogen-bond acceptors (Lipinski definition) is 8. The third-order valence-corrected chi connectivity index (χ3v) is 18.0. The zero-order valence-electron chi connectivity index (χ0n) is 33.2. The fourth-order valence-electron chi connectivity index (χ4n) is 9.54. The number of carbonyl (C=O) groups is 2. The van der Waals surface area contributed by atoms with Gasteiger partial charge in [-0.15, -0.1) is 11.3 Å². The van der Waals surface area contributed by atoms with E-state index < -0.39 is 39.3 Å². The fraction of sp³-hybridized carbons (Fsp3) is 0.298. The van der Waals surface area contributed by atoms with Crippen LogP contribution in [0, 0.1) is 17.8 Å². The summed E-state index contributed by atoms with van der Waals surface area (Å²) in [6, 6.07) is 37.8. The minimum atomic E-state index is -3.00. The first kappa shape index (κ1) is 39.9. The van der Waals surface area contributed by atoms with Crippen LogP contribution in [0.3, 0.4) is 0 Å². The van der Waals surface area contributed by atoms with Crippen LogP contribution in [0.4, 0.5) is 0 Å². The Balaban J connectivity index is 1.21. The highest BCUT2D eigenvalue weighted by Gasteiger charge is 2.58. The molecule has 0 saturated carbocycles. The van der Waals surface area contributed by atoms with Gasteiger partial charge in [-0.2, -0.15) is 0 Å². The Hall–Kier alpha value is -4.91. The van der Waals surface area contributed by atoms with Crippen LogP contribution in [0.2, 0.25) is 11.4 Å². The van der Waals surface area contributed by atoms with E-state index in [4.69, 9.17) is 9.08 Å². The molecule has 1 aliphatic carbocycles. The lowest BCUT2D eigenvalue weighted by atomic mass is 9.58. The predicted octanol–water partition coefficient (Wildman–Crippen LogP) is 7.74. The maximum absolute atomic E-state index is 14.5. The molecule has 11 heteroatoms. The number of aromatic nitrogens is 1. The number of fused-ring (bicyclic) bond motifs is 3. The number of rotatable bonds is 12. The third kappa shape index (κ3) is 7.69. The summed E-state index contributed by atoms with van der Waals surface area (Å²) in [5.41, 5.74) is 4.28. The molecule has 2 fully saturated rings. The SMILES string of the molecule is CC(C)(C)[Si](OCC1=C2[C@@H](CC/C(=C/c3ccccc3O)c3ccccn3)OB(O)C[C@@H]2[C@@H]2C(=O)N(Cc3cccs3)C(=O)[C@@H]2C1)(c1ccccc1)c1ccccc1. The van der Waals surface area contributed by atoms with E-state index in [2.05, 4.69) is 74.3 Å². The van der Waals surface area contributed by atoms with Crippen molar-refractivity contribution in [3.63, 3.8) is 0 Å². The van der Waals surface area contributed by atoms with Crippen molar-refractivity contribution in [2.75, 3.05) is 6.61 Å². The maximum Gasteiger partial charge on any atom is 0.455 e. The number of carbonyl (C=O) groups excluding carboxylic acids is 2. The summed E-state index contributed by atoms with van der Waals surface area (Å²) in [5.74, 6) is -1.75. The Bertz CT molecular complexity index is 2260. The van der Waals surface area contributed by atoms with E-state index in [1.165, 1.54) is 16.2 Å². The monoisotopic (exact) mass is 808 g/mol. The van der Waals surface area contributed by atoms with Gasteiger partial charge in [0.2, 0.25) is 11.8 Å². The van der Waals surface area contributed by atoms with Crippen molar-refractivity contribution in [3.05, 3.63) is 154 Å². The van der Waals surface area contributed by atoms with E-state index >= 15 is 0 Å². The Morgan fingerprint density at radius 2 is 1.60 bits per heavy atom. The van der Waals surface area contributed by atoms with Crippen molar-refractivity contribution in [1.82, 2.24) is 9.88 Å². The number of para-hydroxylation sites is 1. The Labute approximate surface area is 346 Å². The maximum atomic E-state index is 14.5. The molecule has 0 radical (unpaired) electrons. The lowest BCUT2D eigenvalue weighted by Crippen LogP contribution is -2.66. The minimum absolute atomic E-state index is 0.161. The predicted molar refractivity (Wildman–Crippen MR) is 233 cm³/mol. The van der Waals surface area contributed by atoms with Crippen LogP contribution in [0.25, 0.3) is 11.6 Å². The highest BCUT2D eigenvalue weighted by molar-refractivity contribution is 7.09. The molecule has 2 N–H and O–H groups in total. The van der Waals surface area contributed by atoms with E-state index in [0.29, 0.717) is 24.8 Å². The Morgan fingerprint density at radius 1 is 0.914 bits per heavy atom. The number of amides is 2. The number of nitrogens with zero attached hydrogens (tertiary/aromatic N) is 2. The normalized spacial score (nSPS) is 21.3. The Morgan fingerprint density at radius 3 is 2.24 bits per heavy atom. The van der Waals surface area contributed by atoms with E-state index in [1.54, 1.807) is 18.3 Å². The van der Waals surface area contributed by atoms with Gasteiger partial charge in [0.25, 0.3) is 8.32 Å². The molecule has 3 aromatic carbocycles. The fourth-order valence-corrected chi connectivity index (χ4v) is 14.8. The summed E-state index contributed by atoms with van der Waals surface area (Å²) < 4.78 is 14.0. The summed E-state index contributed by atoms with van der Waals surface area (Å²) >= 11 is 1.53. The van der Waals surface area contributed by atoms with Crippen molar-refractivity contribution >= 4 is 60.6 Å². The number of benzene rings is 3. The summed E-state index contributed by atoms with van der Waals surface area (Å²) in [6.07, 6.45) is 4.71. The minimum Gasteiger partial charge on any atom is -0.507 e. The van der Waals surface area contributed by atoms with Gasteiger partial charge in [-0.25, -0.2) is 0 Å². The van der Waals surface area contributed by atoms with Gasteiger partial charge in [-0.05, 0) is 99.4 Å². The smallest absolute Gasteiger partial charge is 0.455 e. The lowest BCUT2D eigenvalue weighted by molar-refractivity contribution is -0.140. The van der Waals surface area contributed by atoms with Crippen LogP contribution in [-0.2, 0) is 25.2 Å². The van der Waals surface area contributed by atoms with Gasteiger partial charge in [0.1, 0.15) is 5.75 Å². The standard InChI is InChI=1S/C47H49BN2O6SSi/c1-47(2,3)58(36-17-6-4-7-18-36,37-19-8-5-9-20-37)55-31-34-28-38-44(46(53)50(45(38)52)30-35-16-14-26-57-35)39-29-48(54)56-42(43(34)39)24-23-32(40-21-12-13-25-49-40)27-33-15-10-11-22-41(33)51/h4-22,25-27,38-39,42,44,51,54H,23-24,28-31H2,1-3H3/b32-27-/t38-,39+,42-,44-/m1/s1. The molecule has 8 nitrogen and oxygen atoms in total. The van der Waals surface area contributed by atoms with Crippen molar-refractivity contribution in [1.29, 1.82) is 0 Å². The van der Waals surface area contributed by atoms with Gasteiger partial charge >= 0.3 is 7.12 Å². The van der Waals surface area contributed by atoms with Crippen LogP contribution < -0.4 is 10.4 Å². The summed E-state index contributed by atoms with van der Waals surface area (Å²) in [5, 5.41) is 26.1. The zero-order chi connectivity index (χ0) is 40.4. The molecule has 4 atom stereocenters. The number of hydrogen-bond donors (Lipinski definition) is 2. The molecule has 5 aromatic rings. The van der Waals surface area contributed by atoms with Gasteiger partial charge in [0.05, 0.1) is 36.8 Å². The van der Waals surface area contributed by atoms with Gasteiger partial charge < -0.3 is 19.2 Å². The second-order valence-corrected chi connectivity index (χ2v) is 21.9. The summed E-state index contributed by atoms with van der Waals surface area (Å²) in [6.45, 7) is 7.24. The number of phenols is 1. The van der Waals surface area contributed by atoms with Crippen LogP contribution in [-0.4, -0.2) is 60.0 Å². The first-order valence-electron chi connectivity index (χ1n) is 20.1. The van der Waals surface area contributed by atoms with E-state index in [9.17, 15) is 19.7 Å². The number of thiophene rings is 1. The molecule has 58 heavy (non-hydrogen) atoms. The third-order valence-electron chi connectivity index (χ3n) is 12.1. The summed E-state index contributed by atoms with van der Waals surface area (Å²) in [7, 11) is -4.12. The second-order valence-electron chi connectivity index (χ2n) is 16.6. The number of aromatic hydroxyl groups is 1. The van der Waals surface area contributed by atoms with Crippen molar-refractivity contribution in [2.24, 2.45) is 17.8 Å².